The number of nitrogens with one attached hydrogen (secondary N) is 1. The molecule has 0 radical (unpaired) electrons. The topological polar surface area (TPSA) is 24.5 Å². The van der Waals surface area contributed by atoms with Gasteiger partial charge in [0.05, 0.1) is 6.61 Å². The van der Waals surface area contributed by atoms with Gasteiger partial charge in [0.25, 0.3) is 0 Å². The molecule has 1 aromatic carbocycles. The van der Waals surface area contributed by atoms with Gasteiger partial charge < -0.3 is 10.1 Å². The summed E-state index contributed by atoms with van der Waals surface area (Å²) in [7, 11) is 0. The molecule has 0 aromatic heterocycles. The number of likely N-dealkylation sites (tertiary alicyclic amines) is 1. The Kier molecular flexibility index (Phi) is 2.83. The molecule has 1 aromatic rings. The molecule has 3 aliphatic heterocycles. The molecule has 2 fully saturated rings. The molecule has 4 rings (SSSR count). The molecule has 1 N–H and O–H groups in total. The van der Waals surface area contributed by atoms with Crippen LogP contribution in [0.5, 0.6) is 5.75 Å². The maximum atomic E-state index is 5.60. The van der Waals surface area contributed by atoms with Gasteiger partial charge in [0.2, 0.25) is 0 Å². The van der Waals surface area contributed by atoms with Crippen LogP contribution in [-0.2, 0) is 13.0 Å². The van der Waals surface area contributed by atoms with E-state index in [-0.39, 0.29) is 0 Å². The van der Waals surface area contributed by atoms with E-state index in [0.29, 0.717) is 5.54 Å². The Morgan fingerprint density at radius 3 is 3.10 bits per heavy atom. The molecule has 3 aliphatic rings. The number of ether oxygens (including phenoxy) is 1. The average Bonchev–Trinajstić information content (AvgIpc) is 3.08. The first-order chi connectivity index (χ1) is 9.64. The number of hydrogen-bond acceptors (Lipinski definition) is 3. The van der Waals surface area contributed by atoms with Crippen molar-refractivity contribution in [3.05, 3.63) is 29.3 Å². The standard InChI is InChI=1S/C17H24N2O/c1-17(2)15-9-18-8-14(15)11-19(17)10-12-3-4-16-13(7-12)5-6-20-16/h3-4,7,14-15,18H,5-6,8-11H2,1-2H3. The first-order valence-corrected chi connectivity index (χ1v) is 7.85. The van der Waals surface area contributed by atoms with Gasteiger partial charge in [-0.25, -0.2) is 0 Å². The highest BCUT2D eigenvalue weighted by Crippen LogP contribution is 2.41. The van der Waals surface area contributed by atoms with Crippen molar-refractivity contribution >= 4 is 0 Å². The molecule has 0 spiro atoms. The van der Waals surface area contributed by atoms with Crippen LogP contribution in [-0.4, -0.2) is 36.7 Å². The zero-order valence-corrected chi connectivity index (χ0v) is 12.5. The van der Waals surface area contributed by atoms with Crippen molar-refractivity contribution in [1.29, 1.82) is 0 Å². The van der Waals surface area contributed by atoms with E-state index in [1.807, 2.05) is 0 Å². The zero-order valence-electron chi connectivity index (χ0n) is 12.5. The van der Waals surface area contributed by atoms with Crippen molar-refractivity contribution in [1.82, 2.24) is 10.2 Å². The van der Waals surface area contributed by atoms with Gasteiger partial charge in [-0.3, -0.25) is 4.90 Å². The van der Waals surface area contributed by atoms with Crippen LogP contribution >= 0.6 is 0 Å². The summed E-state index contributed by atoms with van der Waals surface area (Å²) in [4.78, 5) is 2.68. The van der Waals surface area contributed by atoms with Crippen LogP contribution in [0.1, 0.15) is 25.0 Å². The van der Waals surface area contributed by atoms with Crippen molar-refractivity contribution in [2.75, 3.05) is 26.2 Å². The molecule has 0 aliphatic carbocycles. The molecule has 2 unspecified atom stereocenters. The molecular formula is C17H24N2O. The molecule has 0 saturated carbocycles. The summed E-state index contributed by atoms with van der Waals surface area (Å²) in [5.41, 5.74) is 3.14. The molecule has 2 atom stereocenters. The zero-order chi connectivity index (χ0) is 13.7. The highest BCUT2D eigenvalue weighted by atomic mass is 16.5. The summed E-state index contributed by atoms with van der Waals surface area (Å²) in [6, 6.07) is 6.75. The lowest BCUT2D eigenvalue weighted by Gasteiger charge is -2.35. The lowest BCUT2D eigenvalue weighted by molar-refractivity contribution is 0.132. The van der Waals surface area contributed by atoms with E-state index < -0.39 is 0 Å². The fourth-order valence-electron chi connectivity index (χ4n) is 4.33. The monoisotopic (exact) mass is 272 g/mol. The van der Waals surface area contributed by atoms with Crippen molar-refractivity contribution in [2.24, 2.45) is 11.8 Å². The Hall–Kier alpha value is -1.06. The third-order valence-corrected chi connectivity index (χ3v) is 5.64. The molecule has 0 bridgehead atoms. The Labute approximate surface area is 121 Å². The Bertz CT molecular complexity index is 526. The Balaban J connectivity index is 1.54. The predicted molar refractivity (Wildman–Crippen MR) is 80.0 cm³/mol. The predicted octanol–water partition coefficient (Wildman–Crippen LogP) is 2.05. The summed E-state index contributed by atoms with van der Waals surface area (Å²) < 4.78 is 5.60. The van der Waals surface area contributed by atoms with Crippen LogP contribution in [0.3, 0.4) is 0 Å². The van der Waals surface area contributed by atoms with Gasteiger partial charge in [-0.15, -0.1) is 0 Å². The summed E-state index contributed by atoms with van der Waals surface area (Å²) in [5, 5.41) is 3.56. The SMILES string of the molecule is CC1(C)C2CNCC2CN1Cc1ccc2c(c1)CCO2. The van der Waals surface area contributed by atoms with Crippen LogP contribution in [0.15, 0.2) is 18.2 Å². The third-order valence-electron chi connectivity index (χ3n) is 5.64. The fourth-order valence-corrected chi connectivity index (χ4v) is 4.33. The van der Waals surface area contributed by atoms with Gasteiger partial charge in [0.1, 0.15) is 5.75 Å². The lowest BCUT2D eigenvalue weighted by atomic mass is 9.85. The smallest absolute Gasteiger partial charge is 0.122 e. The largest absolute Gasteiger partial charge is 0.493 e. The maximum Gasteiger partial charge on any atom is 0.122 e. The highest BCUT2D eigenvalue weighted by Gasteiger charge is 2.49. The minimum absolute atomic E-state index is 0.309. The molecular weight excluding hydrogens is 248 g/mol. The summed E-state index contributed by atoms with van der Waals surface area (Å²) in [6.45, 7) is 10.4. The molecule has 3 heteroatoms. The number of benzene rings is 1. The van der Waals surface area contributed by atoms with Crippen molar-refractivity contribution in [2.45, 2.75) is 32.4 Å². The second-order valence-electron chi connectivity index (χ2n) is 7.10. The van der Waals surface area contributed by atoms with E-state index in [2.05, 4.69) is 42.3 Å². The fraction of sp³-hybridized carbons (Fsp3) is 0.647. The van der Waals surface area contributed by atoms with Crippen LogP contribution in [0.4, 0.5) is 0 Å². The maximum absolute atomic E-state index is 5.60. The highest BCUT2D eigenvalue weighted by molar-refractivity contribution is 5.39. The minimum Gasteiger partial charge on any atom is -0.493 e. The summed E-state index contributed by atoms with van der Waals surface area (Å²) in [6.07, 6.45) is 1.07. The normalized spacial score (nSPS) is 31.1. The van der Waals surface area contributed by atoms with E-state index in [0.717, 1.165) is 37.2 Å². The average molecular weight is 272 g/mol. The van der Waals surface area contributed by atoms with Crippen LogP contribution < -0.4 is 10.1 Å². The molecule has 0 amide bonds. The van der Waals surface area contributed by atoms with Crippen LogP contribution in [0.25, 0.3) is 0 Å². The molecule has 20 heavy (non-hydrogen) atoms. The number of nitrogens with zero attached hydrogens (tertiary/aromatic N) is 1. The molecule has 2 saturated heterocycles. The van der Waals surface area contributed by atoms with Gasteiger partial charge in [-0.05, 0) is 49.4 Å². The van der Waals surface area contributed by atoms with E-state index in [1.54, 1.807) is 0 Å². The Morgan fingerprint density at radius 1 is 1.35 bits per heavy atom. The first-order valence-electron chi connectivity index (χ1n) is 7.85. The van der Waals surface area contributed by atoms with E-state index >= 15 is 0 Å². The quantitative estimate of drug-likeness (QED) is 0.892. The second kappa shape index (κ2) is 4.47. The molecule has 3 nitrogen and oxygen atoms in total. The third kappa shape index (κ3) is 1.87. The van der Waals surface area contributed by atoms with Gasteiger partial charge in [0, 0.05) is 31.6 Å². The van der Waals surface area contributed by atoms with Crippen molar-refractivity contribution in [3.63, 3.8) is 0 Å². The molecule has 108 valence electrons. The Morgan fingerprint density at radius 2 is 2.25 bits per heavy atom. The minimum atomic E-state index is 0.309. The van der Waals surface area contributed by atoms with Crippen molar-refractivity contribution in [3.8, 4) is 5.75 Å². The van der Waals surface area contributed by atoms with Crippen LogP contribution in [0.2, 0.25) is 0 Å². The molecule has 3 heterocycles. The number of hydrogen-bond donors (Lipinski definition) is 1. The van der Waals surface area contributed by atoms with Crippen molar-refractivity contribution < 1.29 is 4.74 Å². The van der Waals surface area contributed by atoms with E-state index in [1.165, 1.54) is 30.8 Å². The van der Waals surface area contributed by atoms with Gasteiger partial charge >= 0.3 is 0 Å². The number of rotatable bonds is 2. The van der Waals surface area contributed by atoms with Gasteiger partial charge in [-0.2, -0.15) is 0 Å². The summed E-state index contributed by atoms with van der Waals surface area (Å²) >= 11 is 0. The van der Waals surface area contributed by atoms with E-state index in [4.69, 9.17) is 4.74 Å². The lowest BCUT2D eigenvalue weighted by Crippen LogP contribution is -2.43. The summed E-state index contributed by atoms with van der Waals surface area (Å²) in [5.74, 6) is 2.73. The van der Waals surface area contributed by atoms with Gasteiger partial charge in [0.15, 0.2) is 0 Å². The van der Waals surface area contributed by atoms with E-state index in [9.17, 15) is 0 Å². The van der Waals surface area contributed by atoms with Gasteiger partial charge in [-0.1, -0.05) is 12.1 Å². The second-order valence-corrected chi connectivity index (χ2v) is 7.10. The van der Waals surface area contributed by atoms with Crippen LogP contribution in [0, 0.1) is 11.8 Å². The number of fused-ring (bicyclic) bond motifs is 2. The first kappa shape index (κ1) is 12.7.